The van der Waals surface area contributed by atoms with Crippen LogP contribution in [0.5, 0.6) is 0 Å². The van der Waals surface area contributed by atoms with E-state index in [1.165, 1.54) is 0 Å². The smallest absolute Gasteiger partial charge is 0.271 e. The minimum atomic E-state index is -0.318. The lowest BCUT2D eigenvalue weighted by Gasteiger charge is -2.07. The number of nitrogens with one attached hydrogen (secondary N) is 2. The summed E-state index contributed by atoms with van der Waals surface area (Å²) in [5, 5.41) is 9.32. The number of amides is 2. The number of carbonyl (C=O) groups excluding carboxylic acids is 2. The van der Waals surface area contributed by atoms with Gasteiger partial charge < -0.3 is 5.32 Å². The molecule has 0 atom stereocenters. The van der Waals surface area contributed by atoms with Gasteiger partial charge in [0.15, 0.2) is 0 Å². The zero-order valence-electron chi connectivity index (χ0n) is 17.0. The third kappa shape index (κ3) is 4.85. The molecular formula is C26H21N3O2. The first-order valence-electron chi connectivity index (χ1n) is 9.90. The molecule has 0 spiro atoms. The number of fused-ring (bicyclic) bond motifs is 1. The minimum absolute atomic E-state index is 0.201. The molecule has 4 aromatic rings. The number of nitrogens with zero attached hydrogens (tertiary/aromatic N) is 1. The molecule has 5 heteroatoms. The number of hydrogen-bond acceptors (Lipinski definition) is 3. The van der Waals surface area contributed by atoms with Crippen LogP contribution >= 0.6 is 0 Å². The van der Waals surface area contributed by atoms with Crippen LogP contribution in [0.1, 0.15) is 33.2 Å². The average molecular weight is 407 g/mol. The summed E-state index contributed by atoms with van der Waals surface area (Å²) >= 11 is 0. The van der Waals surface area contributed by atoms with E-state index in [9.17, 15) is 9.59 Å². The van der Waals surface area contributed by atoms with E-state index in [-0.39, 0.29) is 11.8 Å². The van der Waals surface area contributed by atoms with Crippen LogP contribution in [0.3, 0.4) is 0 Å². The van der Waals surface area contributed by atoms with Crippen LogP contribution in [0, 0.1) is 0 Å². The van der Waals surface area contributed by atoms with E-state index in [1.807, 2.05) is 61.5 Å². The number of anilines is 1. The number of carbonyl (C=O) groups is 2. The molecule has 31 heavy (non-hydrogen) atoms. The van der Waals surface area contributed by atoms with E-state index in [0.29, 0.717) is 22.5 Å². The monoisotopic (exact) mass is 407 g/mol. The fourth-order valence-corrected chi connectivity index (χ4v) is 3.18. The second-order valence-electron chi connectivity index (χ2n) is 7.10. The number of hydrogen-bond donors (Lipinski definition) is 2. The van der Waals surface area contributed by atoms with Gasteiger partial charge in [0, 0.05) is 16.8 Å². The lowest BCUT2D eigenvalue weighted by molar-refractivity contribution is 0.0954. The van der Waals surface area contributed by atoms with Crippen molar-refractivity contribution in [2.24, 2.45) is 5.10 Å². The summed E-state index contributed by atoms with van der Waals surface area (Å²) in [6, 6.07) is 29.8. The summed E-state index contributed by atoms with van der Waals surface area (Å²) in [7, 11) is 0. The van der Waals surface area contributed by atoms with Crippen molar-refractivity contribution in [2.45, 2.75) is 6.92 Å². The van der Waals surface area contributed by atoms with Gasteiger partial charge in [-0.3, -0.25) is 9.59 Å². The van der Waals surface area contributed by atoms with Crippen LogP contribution in [0.4, 0.5) is 5.69 Å². The van der Waals surface area contributed by atoms with Gasteiger partial charge in [-0.2, -0.15) is 5.10 Å². The molecule has 0 aliphatic rings. The second-order valence-corrected chi connectivity index (χ2v) is 7.10. The predicted molar refractivity (Wildman–Crippen MR) is 124 cm³/mol. The maximum Gasteiger partial charge on any atom is 0.271 e. The molecule has 0 saturated carbocycles. The molecule has 0 fully saturated rings. The van der Waals surface area contributed by atoms with Crippen molar-refractivity contribution in [3.63, 3.8) is 0 Å². The Morgan fingerprint density at radius 2 is 1.26 bits per heavy atom. The largest absolute Gasteiger partial charge is 0.322 e. The highest BCUT2D eigenvalue weighted by atomic mass is 16.2. The molecule has 0 saturated heterocycles. The molecular weight excluding hydrogens is 386 g/mol. The Labute approximate surface area is 180 Å². The average Bonchev–Trinajstić information content (AvgIpc) is 2.83. The van der Waals surface area contributed by atoms with Crippen LogP contribution in [0.2, 0.25) is 0 Å². The highest BCUT2D eigenvalue weighted by Crippen LogP contribution is 2.16. The summed E-state index contributed by atoms with van der Waals surface area (Å²) in [5.41, 5.74) is 5.89. The van der Waals surface area contributed by atoms with Crippen LogP contribution in [0.15, 0.2) is 102 Å². The molecule has 4 aromatic carbocycles. The van der Waals surface area contributed by atoms with Crippen molar-refractivity contribution < 1.29 is 9.59 Å². The van der Waals surface area contributed by atoms with E-state index < -0.39 is 0 Å². The zero-order valence-corrected chi connectivity index (χ0v) is 17.0. The summed E-state index contributed by atoms with van der Waals surface area (Å²) in [5.74, 6) is -0.519. The predicted octanol–water partition coefficient (Wildman–Crippen LogP) is 5.25. The summed E-state index contributed by atoms with van der Waals surface area (Å²) in [6.45, 7) is 1.85. The Bertz CT molecular complexity index is 1260. The highest BCUT2D eigenvalue weighted by Gasteiger charge is 2.08. The Morgan fingerprint density at radius 3 is 2.00 bits per heavy atom. The lowest BCUT2D eigenvalue weighted by atomic mass is 10.0. The Morgan fingerprint density at radius 1 is 0.645 bits per heavy atom. The van der Waals surface area contributed by atoms with E-state index >= 15 is 0 Å². The zero-order chi connectivity index (χ0) is 21.6. The van der Waals surface area contributed by atoms with Crippen LogP contribution < -0.4 is 10.7 Å². The third-order valence-corrected chi connectivity index (χ3v) is 4.93. The number of benzene rings is 4. The molecule has 2 N–H and O–H groups in total. The third-order valence-electron chi connectivity index (χ3n) is 4.93. The maximum atomic E-state index is 12.4. The minimum Gasteiger partial charge on any atom is -0.322 e. The molecule has 0 bridgehead atoms. The summed E-state index contributed by atoms with van der Waals surface area (Å²) in [6.07, 6.45) is 0. The van der Waals surface area contributed by atoms with E-state index in [4.69, 9.17) is 0 Å². The van der Waals surface area contributed by atoms with E-state index in [0.717, 1.165) is 16.3 Å². The van der Waals surface area contributed by atoms with Crippen LogP contribution in [-0.4, -0.2) is 17.5 Å². The van der Waals surface area contributed by atoms with Gasteiger partial charge in [0.2, 0.25) is 0 Å². The van der Waals surface area contributed by atoms with Crippen molar-refractivity contribution in [3.8, 4) is 0 Å². The summed E-state index contributed by atoms with van der Waals surface area (Å²) in [4.78, 5) is 24.7. The van der Waals surface area contributed by atoms with Gasteiger partial charge in [0.25, 0.3) is 11.8 Å². The molecule has 0 unspecified atom stereocenters. The molecule has 2 amide bonds. The quantitative estimate of drug-likeness (QED) is 0.351. The molecule has 0 aliphatic carbocycles. The first-order chi connectivity index (χ1) is 15.1. The Hall–Kier alpha value is -4.25. The topological polar surface area (TPSA) is 70.6 Å². The van der Waals surface area contributed by atoms with Crippen molar-refractivity contribution in [1.82, 2.24) is 5.43 Å². The first kappa shape index (κ1) is 20.0. The van der Waals surface area contributed by atoms with Crippen LogP contribution in [0.25, 0.3) is 10.8 Å². The van der Waals surface area contributed by atoms with E-state index in [1.54, 1.807) is 36.4 Å². The van der Waals surface area contributed by atoms with Gasteiger partial charge >= 0.3 is 0 Å². The maximum absolute atomic E-state index is 12.4. The standard InChI is InChI=1S/C26H21N3O2/c1-18(22-12-11-19-7-5-6-10-23(19)17-22)28-29-26(31)21-13-15-24(16-14-21)27-25(30)20-8-3-2-4-9-20/h2-17H,1H3,(H,27,30)(H,29,31)/b28-18+. The van der Waals surface area contributed by atoms with Gasteiger partial charge in [-0.1, -0.05) is 54.6 Å². The highest BCUT2D eigenvalue weighted by molar-refractivity contribution is 6.05. The van der Waals surface area contributed by atoms with E-state index in [2.05, 4.69) is 21.9 Å². The van der Waals surface area contributed by atoms with Crippen molar-refractivity contribution in [2.75, 3.05) is 5.32 Å². The fourth-order valence-electron chi connectivity index (χ4n) is 3.18. The van der Waals surface area contributed by atoms with Gasteiger partial charge in [-0.15, -0.1) is 0 Å². The molecule has 0 radical (unpaired) electrons. The van der Waals surface area contributed by atoms with Gasteiger partial charge in [-0.05, 0) is 65.7 Å². The first-order valence-corrected chi connectivity index (χ1v) is 9.90. The lowest BCUT2D eigenvalue weighted by Crippen LogP contribution is -2.19. The molecule has 0 heterocycles. The van der Waals surface area contributed by atoms with Crippen LogP contribution in [-0.2, 0) is 0 Å². The normalized spacial score (nSPS) is 11.2. The summed E-state index contributed by atoms with van der Waals surface area (Å²) < 4.78 is 0. The molecule has 4 rings (SSSR count). The van der Waals surface area contributed by atoms with Gasteiger partial charge in [0.1, 0.15) is 0 Å². The SMILES string of the molecule is C/C(=N\NC(=O)c1ccc(NC(=O)c2ccccc2)cc1)c1ccc2ccccc2c1. The van der Waals surface area contributed by atoms with Crippen molar-refractivity contribution >= 4 is 34.0 Å². The van der Waals surface area contributed by atoms with Gasteiger partial charge in [0.05, 0.1) is 5.71 Å². The van der Waals surface area contributed by atoms with Crippen molar-refractivity contribution in [1.29, 1.82) is 0 Å². The molecule has 0 aromatic heterocycles. The molecule has 0 aliphatic heterocycles. The number of hydrazone groups is 1. The fraction of sp³-hybridized carbons (Fsp3) is 0.0385. The van der Waals surface area contributed by atoms with Crippen molar-refractivity contribution in [3.05, 3.63) is 114 Å². The Kier molecular flexibility index (Phi) is 5.85. The van der Waals surface area contributed by atoms with Gasteiger partial charge in [-0.25, -0.2) is 5.43 Å². The second kappa shape index (κ2) is 9.05. The molecule has 5 nitrogen and oxygen atoms in total. The Balaban J connectivity index is 1.40. The molecule has 152 valence electrons. The number of rotatable bonds is 5.